The standard InChI is InChI=1S/C22H20N6O/c1-28-13-19(11-26-28)18-7-16-8-21(25-12-20(16)24-10-18)27-22(29)15-3-2-14-4-5-23-9-17(14)6-15/h2-3,6-8,10-13,23H,4-5,9H2,1H3,(H,25,27,29). The van der Waals surface area contributed by atoms with Crippen LogP contribution in [0.15, 0.2) is 55.1 Å². The van der Waals surface area contributed by atoms with E-state index in [2.05, 4.69) is 25.7 Å². The average Bonchev–Trinajstić information content (AvgIpc) is 3.19. The van der Waals surface area contributed by atoms with Gasteiger partial charge in [0.05, 0.1) is 17.9 Å². The Bertz CT molecular complexity index is 1230. The molecule has 0 saturated heterocycles. The van der Waals surface area contributed by atoms with E-state index in [1.54, 1.807) is 23.3 Å². The van der Waals surface area contributed by atoms with Crippen molar-refractivity contribution in [3.8, 4) is 11.1 Å². The predicted molar refractivity (Wildman–Crippen MR) is 112 cm³/mol. The minimum absolute atomic E-state index is 0.165. The largest absolute Gasteiger partial charge is 0.312 e. The Kier molecular flexibility index (Phi) is 4.29. The van der Waals surface area contributed by atoms with Gasteiger partial charge in [-0.2, -0.15) is 5.10 Å². The number of amides is 1. The van der Waals surface area contributed by atoms with E-state index in [0.717, 1.165) is 41.5 Å². The van der Waals surface area contributed by atoms with E-state index in [1.807, 2.05) is 43.6 Å². The molecular weight excluding hydrogens is 364 g/mol. The van der Waals surface area contributed by atoms with Gasteiger partial charge in [-0.25, -0.2) is 4.98 Å². The Morgan fingerprint density at radius 1 is 1.07 bits per heavy atom. The number of anilines is 1. The summed E-state index contributed by atoms with van der Waals surface area (Å²) in [6.07, 6.45) is 8.22. The van der Waals surface area contributed by atoms with E-state index in [1.165, 1.54) is 11.1 Å². The maximum atomic E-state index is 12.7. The summed E-state index contributed by atoms with van der Waals surface area (Å²) < 4.78 is 1.76. The summed E-state index contributed by atoms with van der Waals surface area (Å²) in [6, 6.07) is 9.76. The summed E-state index contributed by atoms with van der Waals surface area (Å²) >= 11 is 0. The molecule has 1 aromatic carbocycles. The van der Waals surface area contributed by atoms with E-state index < -0.39 is 0 Å². The molecule has 29 heavy (non-hydrogen) atoms. The van der Waals surface area contributed by atoms with Gasteiger partial charge in [-0.05, 0) is 48.4 Å². The number of benzene rings is 1. The first-order chi connectivity index (χ1) is 14.2. The van der Waals surface area contributed by atoms with E-state index in [-0.39, 0.29) is 5.91 Å². The SMILES string of the molecule is Cn1cc(-c2cnc3cnc(NC(=O)c4ccc5c(c4)CNCC5)cc3c2)cn1. The first-order valence-electron chi connectivity index (χ1n) is 9.54. The van der Waals surface area contributed by atoms with Gasteiger partial charge in [-0.15, -0.1) is 0 Å². The van der Waals surface area contributed by atoms with E-state index in [0.29, 0.717) is 11.4 Å². The number of hydrogen-bond donors (Lipinski definition) is 2. The Morgan fingerprint density at radius 3 is 2.86 bits per heavy atom. The highest BCUT2D eigenvalue weighted by Crippen LogP contribution is 2.24. The molecule has 4 aromatic rings. The van der Waals surface area contributed by atoms with Crippen molar-refractivity contribution in [2.45, 2.75) is 13.0 Å². The number of carbonyl (C=O) groups is 1. The van der Waals surface area contributed by atoms with Gasteiger partial charge in [-0.1, -0.05) is 6.07 Å². The summed E-state index contributed by atoms with van der Waals surface area (Å²) in [5.74, 6) is 0.338. The third kappa shape index (κ3) is 3.48. The Labute approximate surface area is 167 Å². The van der Waals surface area contributed by atoms with Crippen LogP contribution in [0.3, 0.4) is 0 Å². The van der Waals surface area contributed by atoms with Gasteiger partial charge < -0.3 is 10.6 Å². The van der Waals surface area contributed by atoms with Crippen LogP contribution in [-0.2, 0) is 20.0 Å². The van der Waals surface area contributed by atoms with Crippen LogP contribution in [0.1, 0.15) is 21.5 Å². The molecule has 1 aliphatic heterocycles. The molecular formula is C22H20N6O. The summed E-state index contributed by atoms with van der Waals surface area (Å²) in [7, 11) is 1.88. The van der Waals surface area contributed by atoms with Crippen molar-refractivity contribution in [1.82, 2.24) is 25.1 Å². The number of carbonyl (C=O) groups excluding carboxylic acids is 1. The zero-order valence-corrected chi connectivity index (χ0v) is 16.0. The fourth-order valence-electron chi connectivity index (χ4n) is 3.64. The average molecular weight is 384 g/mol. The number of aryl methyl sites for hydroxylation is 1. The lowest BCUT2D eigenvalue weighted by molar-refractivity contribution is 0.102. The Hall–Kier alpha value is -3.58. The quantitative estimate of drug-likeness (QED) is 0.567. The second kappa shape index (κ2) is 7.10. The molecule has 2 N–H and O–H groups in total. The fraction of sp³-hybridized carbons (Fsp3) is 0.182. The molecule has 0 bridgehead atoms. The second-order valence-corrected chi connectivity index (χ2v) is 7.25. The molecule has 7 heteroatoms. The van der Waals surface area contributed by atoms with Crippen molar-refractivity contribution in [2.24, 2.45) is 7.05 Å². The lowest BCUT2D eigenvalue weighted by atomic mass is 9.98. The van der Waals surface area contributed by atoms with Crippen LogP contribution in [0.4, 0.5) is 5.82 Å². The molecule has 1 amide bonds. The highest BCUT2D eigenvalue weighted by atomic mass is 16.1. The third-order valence-corrected chi connectivity index (χ3v) is 5.20. The third-order valence-electron chi connectivity index (χ3n) is 5.20. The number of nitrogens with zero attached hydrogens (tertiary/aromatic N) is 4. The van der Waals surface area contributed by atoms with Gasteiger partial charge >= 0.3 is 0 Å². The van der Waals surface area contributed by atoms with E-state index in [4.69, 9.17) is 0 Å². The first kappa shape index (κ1) is 17.5. The monoisotopic (exact) mass is 384 g/mol. The molecule has 0 unspecified atom stereocenters. The van der Waals surface area contributed by atoms with E-state index >= 15 is 0 Å². The molecule has 0 spiro atoms. The van der Waals surface area contributed by atoms with Gasteiger partial charge in [0.15, 0.2) is 0 Å². The Balaban J connectivity index is 1.42. The van der Waals surface area contributed by atoms with Gasteiger partial charge in [-0.3, -0.25) is 14.5 Å². The van der Waals surface area contributed by atoms with Crippen molar-refractivity contribution in [3.05, 3.63) is 71.8 Å². The van der Waals surface area contributed by atoms with Crippen LogP contribution in [-0.4, -0.2) is 32.2 Å². The van der Waals surface area contributed by atoms with Crippen molar-refractivity contribution < 1.29 is 4.79 Å². The first-order valence-corrected chi connectivity index (χ1v) is 9.54. The molecule has 0 atom stereocenters. The van der Waals surface area contributed by atoms with Crippen molar-refractivity contribution in [2.75, 3.05) is 11.9 Å². The van der Waals surface area contributed by atoms with Gasteiger partial charge in [0.25, 0.3) is 5.91 Å². The number of hydrogen-bond acceptors (Lipinski definition) is 5. The zero-order chi connectivity index (χ0) is 19.8. The number of nitrogens with one attached hydrogen (secondary N) is 2. The minimum Gasteiger partial charge on any atom is -0.312 e. The lowest BCUT2D eigenvalue weighted by Crippen LogP contribution is -2.24. The van der Waals surface area contributed by atoms with E-state index in [9.17, 15) is 4.79 Å². The smallest absolute Gasteiger partial charge is 0.256 e. The van der Waals surface area contributed by atoms with Crippen molar-refractivity contribution >= 4 is 22.6 Å². The van der Waals surface area contributed by atoms with Crippen LogP contribution >= 0.6 is 0 Å². The molecule has 0 fully saturated rings. The number of aromatic nitrogens is 4. The number of fused-ring (bicyclic) bond motifs is 2. The molecule has 1 aliphatic rings. The predicted octanol–water partition coefficient (Wildman–Crippen LogP) is 2.93. The molecule has 7 nitrogen and oxygen atoms in total. The Morgan fingerprint density at radius 2 is 2.00 bits per heavy atom. The van der Waals surface area contributed by atoms with Gasteiger partial charge in [0, 0.05) is 48.1 Å². The molecule has 144 valence electrons. The molecule has 3 aromatic heterocycles. The van der Waals surface area contributed by atoms with Crippen LogP contribution in [0, 0.1) is 0 Å². The van der Waals surface area contributed by atoms with Crippen molar-refractivity contribution in [3.63, 3.8) is 0 Å². The lowest BCUT2D eigenvalue weighted by Gasteiger charge is -2.17. The maximum absolute atomic E-state index is 12.7. The van der Waals surface area contributed by atoms with Crippen LogP contribution < -0.4 is 10.6 Å². The van der Waals surface area contributed by atoms with Crippen LogP contribution in [0.2, 0.25) is 0 Å². The molecule has 4 heterocycles. The molecule has 0 aliphatic carbocycles. The second-order valence-electron chi connectivity index (χ2n) is 7.25. The summed E-state index contributed by atoms with van der Waals surface area (Å²) in [6.45, 7) is 1.78. The van der Waals surface area contributed by atoms with Crippen molar-refractivity contribution in [1.29, 1.82) is 0 Å². The number of rotatable bonds is 3. The van der Waals surface area contributed by atoms with Crippen LogP contribution in [0.5, 0.6) is 0 Å². The summed E-state index contributed by atoms with van der Waals surface area (Å²) in [5.41, 5.74) is 5.86. The van der Waals surface area contributed by atoms with Crippen LogP contribution in [0.25, 0.3) is 22.0 Å². The number of pyridine rings is 2. The highest BCUT2D eigenvalue weighted by Gasteiger charge is 2.13. The zero-order valence-electron chi connectivity index (χ0n) is 16.0. The van der Waals surface area contributed by atoms with Gasteiger partial charge in [0.2, 0.25) is 0 Å². The fourth-order valence-corrected chi connectivity index (χ4v) is 3.64. The summed E-state index contributed by atoms with van der Waals surface area (Å²) in [5, 5.41) is 11.4. The normalized spacial score (nSPS) is 13.3. The van der Waals surface area contributed by atoms with Gasteiger partial charge in [0.1, 0.15) is 5.82 Å². The molecule has 5 rings (SSSR count). The minimum atomic E-state index is -0.165. The highest BCUT2D eigenvalue weighted by molar-refractivity contribution is 6.04. The molecule has 0 radical (unpaired) electrons. The molecule has 0 saturated carbocycles. The topological polar surface area (TPSA) is 84.7 Å². The maximum Gasteiger partial charge on any atom is 0.256 e. The summed E-state index contributed by atoms with van der Waals surface area (Å²) in [4.78, 5) is 21.5.